The lowest BCUT2D eigenvalue weighted by Gasteiger charge is -1.97. The monoisotopic (exact) mass is 203 g/mol. The van der Waals surface area contributed by atoms with E-state index in [9.17, 15) is 17.6 Å². The maximum Gasteiger partial charge on any atom is 0.205 e. The van der Waals surface area contributed by atoms with Crippen LogP contribution in [-0.4, -0.2) is 0 Å². The van der Waals surface area contributed by atoms with E-state index in [1.54, 1.807) is 0 Å². The van der Waals surface area contributed by atoms with Crippen molar-refractivity contribution in [1.29, 1.82) is 0 Å². The molecule has 0 unspecified atom stereocenters. The van der Waals surface area contributed by atoms with Crippen LogP contribution >= 0.6 is 0 Å². The molecule has 0 aliphatic carbocycles. The first-order chi connectivity index (χ1) is 6.52. The molecule has 14 heavy (non-hydrogen) atoms. The Bertz CT molecular complexity index is 470. The van der Waals surface area contributed by atoms with E-state index < -0.39 is 34.2 Å². The van der Waals surface area contributed by atoms with E-state index in [1.165, 1.54) is 6.92 Å². The summed E-state index contributed by atoms with van der Waals surface area (Å²) in [6.07, 6.45) is 0. The van der Waals surface area contributed by atoms with Crippen molar-refractivity contribution in [2.24, 2.45) is 0 Å². The molecule has 5 heteroatoms. The van der Waals surface area contributed by atoms with Gasteiger partial charge >= 0.3 is 0 Å². The van der Waals surface area contributed by atoms with Gasteiger partial charge in [0, 0.05) is 6.07 Å². The summed E-state index contributed by atoms with van der Waals surface area (Å²) in [5.74, 6) is -6.70. The predicted molar refractivity (Wildman–Crippen MR) is 39.6 cm³/mol. The Morgan fingerprint density at radius 3 is 2.14 bits per heavy atom. The van der Waals surface area contributed by atoms with Gasteiger partial charge < -0.3 is 4.42 Å². The molecule has 0 aliphatic rings. The SMILES string of the molecule is Cc1[c]c2c(F)c(F)c(F)c(F)c2o1. The van der Waals surface area contributed by atoms with Gasteiger partial charge in [-0.1, -0.05) is 0 Å². The van der Waals surface area contributed by atoms with E-state index in [4.69, 9.17) is 0 Å². The van der Waals surface area contributed by atoms with Gasteiger partial charge in [-0.05, 0) is 6.92 Å². The molecule has 0 amide bonds. The van der Waals surface area contributed by atoms with E-state index in [-0.39, 0.29) is 5.76 Å². The molecular formula is C9H3F4O. The Balaban J connectivity index is 3.01. The summed E-state index contributed by atoms with van der Waals surface area (Å²) in [6, 6.07) is 2.25. The highest BCUT2D eigenvalue weighted by Crippen LogP contribution is 2.28. The maximum atomic E-state index is 13.0. The highest BCUT2D eigenvalue weighted by molar-refractivity contribution is 5.78. The molecule has 2 rings (SSSR count). The first-order valence-corrected chi connectivity index (χ1v) is 3.66. The van der Waals surface area contributed by atoms with Gasteiger partial charge in [0.2, 0.25) is 11.6 Å². The predicted octanol–water partition coefficient (Wildman–Crippen LogP) is 3.10. The minimum atomic E-state index is -1.88. The molecule has 0 saturated carbocycles. The van der Waals surface area contributed by atoms with Crippen LogP contribution in [0.25, 0.3) is 11.0 Å². The summed E-state index contributed by atoms with van der Waals surface area (Å²) in [7, 11) is 0. The van der Waals surface area contributed by atoms with Gasteiger partial charge in [0.05, 0.1) is 5.39 Å². The smallest absolute Gasteiger partial charge is 0.205 e. The normalized spacial score (nSPS) is 11.2. The zero-order chi connectivity index (χ0) is 10.5. The van der Waals surface area contributed by atoms with Crippen LogP contribution < -0.4 is 0 Å². The Hall–Kier alpha value is -1.52. The first-order valence-electron chi connectivity index (χ1n) is 3.66. The van der Waals surface area contributed by atoms with Crippen molar-refractivity contribution in [3.63, 3.8) is 0 Å². The molecule has 0 spiro atoms. The number of halogens is 4. The Labute approximate surface area is 75.9 Å². The topological polar surface area (TPSA) is 13.1 Å². The minimum absolute atomic E-state index is 0.0581. The Morgan fingerprint density at radius 2 is 1.50 bits per heavy atom. The van der Waals surface area contributed by atoms with Gasteiger partial charge in [-0.25, -0.2) is 13.2 Å². The van der Waals surface area contributed by atoms with Crippen LogP contribution in [0.1, 0.15) is 5.76 Å². The lowest BCUT2D eigenvalue weighted by molar-refractivity contribution is 0.409. The van der Waals surface area contributed by atoms with Gasteiger partial charge in [-0.15, -0.1) is 0 Å². The van der Waals surface area contributed by atoms with Crippen LogP contribution in [0.2, 0.25) is 0 Å². The van der Waals surface area contributed by atoms with Gasteiger partial charge in [0.25, 0.3) is 0 Å². The molecule has 1 aromatic heterocycles. The number of benzene rings is 1. The number of furan rings is 1. The molecule has 0 saturated heterocycles. The second kappa shape index (κ2) is 2.73. The molecule has 1 radical (unpaired) electrons. The zero-order valence-corrected chi connectivity index (χ0v) is 6.92. The molecule has 0 N–H and O–H groups in total. The standard InChI is InChI=1S/C9H3F4O/c1-3-2-4-5(10)6(11)7(12)8(13)9(4)14-3/h1H3. The van der Waals surface area contributed by atoms with E-state index in [0.717, 1.165) is 0 Å². The van der Waals surface area contributed by atoms with E-state index in [2.05, 4.69) is 10.5 Å². The van der Waals surface area contributed by atoms with Gasteiger partial charge in [0.15, 0.2) is 17.2 Å². The number of aryl methyl sites for hydroxylation is 1. The highest BCUT2D eigenvalue weighted by atomic mass is 19.2. The fourth-order valence-electron chi connectivity index (χ4n) is 1.17. The number of fused-ring (bicyclic) bond motifs is 1. The molecule has 0 fully saturated rings. The van der Waals surface area contributed by atoms with E-state index >= 15 is 0 Å². The molecule has 2 aromatic rings. The number of rotatable bonds is 0. The lowest BCUT2D eigenvalue weighted by atomic mass is 10.2. The molecule has 0 aliphatic heterocycles. The summed E-state index contributed by atoms with van der Waals surface area (Å²) in [6.45, 7) is 1.37. The second-order valence-electron chi connectivity index (χ2n) is 2.74. The van der Waals surface area contributed by atoms with Gasteiger partial charge in [-0.2, -0.15) is 4.39 Å². The van der Waals surface area contributed by atoms with Crippen LogP contribution in [0.5, 0.6) is 0 Å². The van der Waals surface area contributed by atoms with Crippen molar-refractivity contribution in [1.82, 2.24) is 0 Å². The second-order valence-corrected chi connectivity index (χ2v) is 2.74. The van der Waals surface area contributed by atoms with Crippen LogP contribution in [0.15, 0.2) is 4.42 Å². The van der Waals surface area contributed by atoms with Crippen LogP contribution in [0.4, 0.5) is 17.6 Å². The number of hydrogen-bond donors (Lipinski definition) is 0. The van der Waals surface area contributed by atoms with Gasteiger partial charge in [0.1, 0.15) is 5.76 Å². The quantitative estimate of drug-likeness (QED) is 0.364. The molecule has 1 aromatic carbocycles. The lowest BCUT2D eigenvalue weighted by Crippen LogP contribution is -1.95. The zero-order valence-electron chi connectivity index (χ0n) is 6.92. The van der Waals surface area contributed by atoms with Crippen LogP contribution in [0.3, 0.4) is 0 Å². The third kappa shape index (κ3) is 1.01. The Kier molecular flexibility index (Phi) is 1.77. The largest absolute Gasteiger partial charge is 0.457 e. The van der Waals surface area contributed by atoms with Crippen molar-refractivity contribution in [3.05, 3.63) is 35.1 Å². The fourth-order valence-corrected chi connectivity index (χ4v) is 1.17. The van der Waals surface area contributed by atoms with Crippen molar-refractivity contribution in [2.45, 2.75) is 6.92 Å². The fraction of sp³-hybridized carbons (Fsp3) is 0.111. The summed E-state index contributed by atoms with van der Waals surface area (Å²) in [5.41, 5.74) is -0.654. The third-order valence-corrected chi connectivity index (χ3v) is 1.78. The van der Waals surface area contributed by atoms with Crippen LogP contribution in [0, 0.1) is 36.3 Å². The number of hydrogen-bond acceptors (Lipinski definition) is 1. The maximum absolute atomic E-state index is 13.0. The summed E-state index contributed by atoms with van der Waals surface area (Å²) >= 11 is 0. The summed E-state index contributed by atoms with van der Waals surface area (Å²) in [4.78, 5) is 0. The first kappa shape index (κ1) is 9.05. The molecule has 1 nitrogen and oxygen atoms in total. The van der Waals surface area contributed by atoms with Crippen LogP contribution in [-0.2, 0) is 0 Å². The average Bonchev–Trinajstić information content (AvgIpc) is 2.54. The third-order valence-electron chi connectivity index (χ3n) is 1.78. The summed E-state index contributed by atoms with van der Waals surface area (Å²) < 4.78 is 55.9. The highest BCUT2D eigenvalue weighted by Gasteiger charge is 2.23. The molecule has 0 bridgehead atoms. The molecule has 73 valence electrons. The van der Waals surface area contributed by atoms with Gasteiger partial charge in [-0.3, -0.25) is 0 Å². The minimum Gasteiger partial charge on any atom is -0.457 e. The average molecular weight is 203 g/mol. The molecule has 0 atom stereocenters. The van der Waals surface area contributed by atoms with E-state index in [0.29, 0.717) is 0 Å². The molecular weight excluding hydrogens is 200 g/mol. The summed E-state index contributed by atoms with van der Waals surface area (Å²) in [5, 5.41) is -0.515. The Morgan fingerprint density at radius 1 is 0.929 bits per heavy atom. The van der Waals surface area contributed by atoms with Crippen molar-refractivity contribution < 1.29 is 22.0 Å². The molecule has 1 heterocycles. The van der Waals surface area contributed by atoms with Crippen molar-refractivity contribution >= 4 is 11.0 Å². The van der Waals surface area contributed by atoms with Crippen molar-refractivity contribution in [3.8, 4) is 0 Å². The van der Waals surface area contributed by atoms with Crippen molar-refractivity contribution in [2.75, 3.05) is 0 Å². The van der Waals surface area contributed by atoms with E-state index in [1.807, 2.05) is 0 Å².